The van der Waals surface area contributed by atoms with Gasteiger partial charge >= 0.3 is 0 Å². The van der Waals surface area contributed by atoms with E-state index in [4.69, 9.17) is 18.5 Å². The van der Waals surface area contributed by atoms with Gasteiger partial charge in [0.2, 0.25) is 9.84 Å². The lowest BCUT2D eigenvalue weighted by Gasteiger charge is -2.08. The number of sulfone groups is 1. The first kappa shape index (κ1) is 20.5. The second kappa shape index (κ2) is 8.56. The van der Waals surface area contributed by atoms with Gasteiger partial charge in [0, 0.05) is 0 Å². The quantitative estimate of drug-likeness (QED) is 0.401. The van der Waals surface area contributed by atoms with Crippen molar-refractivity contribution in [2.24, 2.45) is 0 Å². The summed E-state index contributed by atoms with van der Waals surface area (Å²) in [6.07, 6.45) is 0. The van der Waals surface area contributed by atoms with E-state index in [2.05, 4.69) is 20.3 Å². The Kier molecular flexibility index (Phi) is 5.67. The van der Waals surface area contributed by atoms with Gasteiger partial charge in [-0.2, -0.15) is 9.97 Å². The Morgan fingerprint density at radius 3 is 1.42 bits per heavy atom. The molecule has 0 N–H and O–H groups in total. The molecule has 10 nitrogen and oxygen atoms in total. The molecule has 4 aromatic rings. The zero-order chi connectivity index (χ0) is 21.8. The maximum Gasteiger partial charge on any atom is 0.264 e. The van der Waals surface area contributed by atoms with Crippen LogP contribution in [0.15, 0.2) is 67.4 Å². The first-order valence-corrected chi connectivity index (χ1v) is 10.7. The van der Waals surface area contributed by atoms with Crippen molar-refractivity contribution in [1.29, 1.82) is 0 Å². The number of hydrogen-bond donors (Lipinski definition) is 0. The van der Waals surface area contributed by atoms with E-state index in [1.54, 1.807) is 38.1 Å². The van der Waals surface area contributed by atoms with Gasteiger partial charge in [-0.3, -0.25) is 0 Å². The monoisotopic (exact) mass is 442 g/mol. The topological polar surface area (TPSA) is 130 Å². The highest BCUT2D eigenvalue weighted by Crippen LogP contribution is 2.25. The van der Waals surface area contributed by atoms with Crippen molar-refractivity contribution >= 4 is 9.84 Å². The zero-order valence-electron chi connectivity index (χ0n) is 16.7. The van der Waals surface area contributed by atoms with Crippen molar-refractivity contribution in [1.82, 2.24) is 20.3 Å². The van der Waals surface area contributed by atoms with E-state index < -0.39 is 9.84 Å². The molecule has 2 heterocycles. The van der Waals surface area contributed by atoms with Gasteiger partial charge in [0.15, 0.2) is 24.9 Å². The third-order valence-electron chi connectivity index (χ3n) is 4.13. The number of rotatable bonds is 8. The molecule has 4 rings (SSSR count). The molecule has 0 saturated carbocycles. The minimum atomic E-state index is -3.69. The van der Waals surface area contributed by atoms with Gasteiger partial charge in [-0.25, -0.2) is 8.42 Å². The van der Waals surface area contributed by atoms with Gasteiger partial charge in [-0.1, -0.05) is 10.3 Å². The molecule has 0 aliphatic carbocycles. The van der Waals surface area contributed by atoms with Crippen LogP contribution in [0.3, 0.4) is 0 Å². The summed E-state index contributed by atoms with van der Waals surface area (Å²) in [5, 5.41) is 7.36. The van der Waals surface area contributed by atoms with Gasteiger partial charge < -0.3 is 18.5 Å². The maximum atomic E-state index is 12.9. The molecule has 0 fully saturated rings. The highest BCUT2D eigenvalue weighted by molar-refractivity contribution is 7.91. The minimum Gasteiger partial charge on any atom is -0.484 e. The molecule has 0 spiro atoms. The smallest absolute Gasteiger partial charge is 0.264 e. The first-order chi connectivity index (χ1) is 14.9. The molecule has 0 unspecified atom stereocenters. The molecule has 0 radical (unpaired) electrons. The fourth-order valence-electron chi connectivity index (χ4n) is 2.65. The van der Waals surface area contributed by atoms with Gasteiger partial charge in [-0.15, -0.1) is 0 Å². The average molecular weight is 442 g/mol. The van der Waals surface area contributed by atoms with E-state index >= 15 is 0 Å². The predicted molar refractivity (Wildman–Crippen MR) is 105 cm³/mol. The molecule has 31 heavy (non-hydrogen) atoms. The van der Waals surface area contributed by atoms with Crippen molar-refractivity contribution in [2.45, 2.75) is 36.9 Å². The predicted octanol–water partition coefficient (Wildman–Crippen LogP) is 3.06. The summed E-state index contributed by atoms with van der Waals surface area (Å²) >= 11 is 0. The largest absolute Gasteiger partial charge is 0.484 e. The van der Waals surface area contributed by atoms with Crippen LogP contribution in [0.1, 0.15) is 23.4 Å². The number of aryl methyl sites for hydroxylation is 2. The lowest BCUT2D eigenvalue weighted by molar-refractivity contribution is 0.242. The van der Waals surface area contributed by atoms with Gasteiger partial charge in [0.05, 0.1) is 9.79 Å². The van der Waals surface area contributed by atoms with Gasteiger partial charge in [-0.05, 0) is 62.4 Å². The van der Waals surface area contributed by atoms with Crippen LogP contribution >= 0.6 is 0 Å². The summed E-state index contributed by atoms with van der Waals surface area (Å²) in [7, 11) is -3.69. The summed E-state index contributed by atoms with van der Waals surface area (Å²) in [4.78, 5) is 8.36. The lowest BCUT2D eigenvalue weighted by atomic mass is 10.3. The van der Waals surface area contributed by atoms with E-state index in [1.807, 2.05) is 0 Å². The van der Waals surface area contributed by atoms with Crippen molar-refractivity contribution in [3.8, 4) is 11.5 Å². The van der Waals surface area contributed by atoms with Crippen LogP contribution in [0.5, 0.6) is 11.5 Å². The van der Waals surface area contributed by atoms with E-state index in [0.29, 0.717) is 34.9 Å². The summed E-state index contributed by atoms with van der Waals surface area (Å²) in [6, 6.07) is 12.2. The molecule has 2 aromatic carbocycles. The zero-order valence-corrected chi connectivity index (χ0v) is 17.5. The van der Waals surface area contributed by atoms with Crippen LogP contribution in [0.25, 0.3) is 0 Å². The van der Waals surface area contributed by atoms with E-state index in [9.17, 15) is 8.42 Å². The van der Waals surface area contributed by atoms with Gasteiger partial charge in [0.1, 0.15) is 11.5 Å². The molecule has 0 bridgehead atoms. The van der Waals surface area contributed by atoms with Crippen molar-refractivity contribution in [3.05, 3.63) is 72.0 Å². The molecule has 0 amide bonds. The van der Waals surface area contributed by atoms with Crippen molar-refractivity contribution in [3.63, 3.8) is 0 Å². The first-order valence-electron chi connectivity index (χ1n) is 9.19. The van der Waals surface area contributed by atoms with Crippen LogP contribution in [0.2, 0.25) is 0 Å². The molecule has 11 heteroatoms. The Morgan fingerprint density at radius 2 is 1.10 bits per heavy atom. The summed E-state index contributed by atoms with van der Waals surface area (Å²) < 4.78 is 46.8. The van der Waals surface area contributed by atoms with Crippen LogP contribution in [0, 0.1) is 13.8 Å². The van der Waals surface area contributed by atoms with E-state index in [-0.39, 0.29) is 23.0 Å². The molecule has 0 aliphatic rings. The Labute approximate surface area is 177 Å². The van der Waals surface area contributed by atoms with E-state index in [0.717, 1.165) is 0 Å². The number of benzene rings is 2. The lowest BCUT2D eigenvalue weighted by Crippen LogP contribution is -2.03. The van der Waals surface area contributed by atoms with Crippen LogP contribution in [0.4, 0.5) is 0 Å². The van der Waals surface area contributed by atoms with E-state index in [1.165, 1.54) is 24.3 Å². The molecule has 0 aliphatic heterocycles. The number of nitrogens with zero attached hydrogens (tertiary/aromatic N) is 4. The molecular weight excluding hydrogens is 424 g/mol. The van der Waals surface area contributed by atoms with Crippen molar-refractivity contribution < 1.29 is 26.9 Å². The summed E-state index contributed by atoms with van der Waals surface area (Å²) in [5.74, 6) is 2.67. The summed E-state index contributed by atoms with van der Waals surface area (Å²) in [5.41, 5.74) is 0. The average Bonchev–Trinajstić information content (AvgIpc) is 3.39. The Hall–Kier alpha value is -3.73. The minimum absolute atomic E-state index is 0.0948. The number of aromatic nitrogens is 4. The summed E-state index contributed by atoms with van der Waals surface area (Å²) in [6.45, 7) is 3.61. The fourth-order valence-corrected chi connectivity index (χ4v) is 3.91. The third kappa shape index (κ3) is 4.89. The van der Waals surface area contributed by atoms with Crippen LogP contribution < -0.4 is 9.47 Å². The van der Waals surface area contributed by atoms with Gasteiger partial charge in [0.25, 0.3) is 11.8 Å². The second-order valence-electron chi connectivity index (χ2n) is 6.49. The molecule has 2 aromatic heterocycles. The molecule has 0 atom stereocenters. The highest BCUT2D eigenvalue weighted by Gasteiger charge is 2.18. The highest BCUT2D eigenvalue weighted by atomic mass is 32.2. The maximum absolute atomic E-state index is 12.9. The number of ether oxygens (including phenoxy) is 2. The van der Waals surface area contributed by atoms with Crippen molar-refractivity contribution in [2.75, 3.05) is 0 Å². The number of hydrogen-bond acceptors (Lipinski definition) is 10. The second-order valence-corrected chi connectivity index (χ2v) is 8.44. The van der Waals surface area contributed by atoms with Crippen LogP contribution in [-0.2, 0) is 23.1 Å². The van der Waals surface area contributed by atoms with Crippen LogP contribution in [-0.4, -0.2) is 28.7 Å². The molecule has 160 valence electrons. The molecule has 0 saturated heterocycles. The third-order valence-corrected chi connectivity index (χ3v) is 5.92. The standard InChI is InChI=1S/C20H18N4O6S/c1-13-21-19(29-23-13)11-27-15-3-7-17(8-4-15)31(25,26)18-9-5-16(6-10-18)28-12-20-22-14(2)24-30-20/h3-10H,11-12H2,1-2H3. The SMILES string of the molecule is Cc1noc(COc2ccc(S(=O)(=O)c3ccc(OCc4nc(C)no4)cc3)cc2)n1. The Balaban J connectivity index is 1.40. The Morgan fingerprint density at radius 1 is 0.710 bits per heavy atom. The Bertz CT molecular complexity index is 1170. The fraction of sp³-hybridized carbons (Fsp3) is 0.200. The molecular formula is C20H18N4O6S. The normalized spacial score (nSPS) is 11.4.